The molecule has 2 heterocycles. The lowest BCUT2D eigenvalue weighted by Gasteiger charge is -2.15. The summed E-state index contributed by atoms with van der Waals surface area (Å²) in [5, 5.41) is 5.56. The van der Waals surface area contributed by atoms with Gasteiger partial charge in [0.1, 0.15) is 0 Å². The lowest BCUT2D eigenvalue weighted by Crippen LogP contribution is -2.41. The van der Waals surface area contributed by atoms with E-state index in [1.807, 2.05) is 44.2 Å². The van der Waals surface area contributed by atoms with Gasteiger partial charge in [-0.1, -0.05) is 30.3 Å². The van der Waals surface area contributed by atoms with Crippen molar-refractivity contribution in [3.63, 3.8) is 0 Å². The molecule has 0 saturated carbocycles. The van der Waals surface area contributed by atoms with Gasteiger partial charge in [0.25, 0.3) is 5.56 Å². The number of amides is 1. The SMILES string of the molecule is Cc1nc2cc(=O)[nH]n2c(C)c1CNC(=O)C(N)Cc1ccccc1.Cl.Cl. The number of halogens is 2. The molecule has 0 radical (unpaired) electrons. The van der Waals surface area contributed by atoms with E-state index in [9.17, 15) is 9.59 Å². The van der Waals surface area contributed by atoms with Crippen LogP contribution in [0.2, 0.25) is 0 Å². The zero-order chi connectivity index (χ0) is 18.0. The van der Waals surface area contributed by atoms with Crippen LogP contribution in [-0.2, 0) is 17.8 Å². The molecule has 1 aromatic carbocycles. The number of benzene rings is 1. The number of aryl methyl sites for hydroxylation is 2. The number of hydrogen-bond acceptors (Lipinski definition) is 4. The second-order valence-corrected chi connectivity index (χ2v) is 6.09. The molecular weight excluding hydrogens is 389 g/mol. The first kappa shape index (κ1) is 22.7. The lowest BCUT2D eigenvalue weighted by atomic mass is 10.1. The number of carbonyl (C=O) groups excluding carboxylic acids is 1. The number of nitrogens with zero attached hydrogens (tertiary/aromatic N) is 2. The summed E-state index contributed by atoms with van der Waals surface area (Å²) in [6, 6.07) is 10.5. The van der Waals surface area contributed by atoms with E-state index in [-0.39, 0.29) is 36.3 Å². The van der Waals surface area contributed by atoms with Gasteiger partial charge in [-0.15, -0.1) is 24.8 Å². The van der Waals surface area contributed by atoms with Gasteiger partial charge in [-0.3, -0.25) is 14.7 Å². The maximum atomic E-state index is 12.3. The number of H-pyrrole nitrogens is 1. The summed E-state index contributed by atoms with van der Waals surface area (Å²) in [6.07, 6.45) is 0.479. The monoisotopic (exact) mass is 411 g/mol. The highest BCUT2D eigenvalue weighted by Crippen LogP contribution is 2.13. The van der Waals surface area contributed by atoms with Crippen LogP contribution in [0.3, 0.4) is 0 Å². The van der Waals surface area contributed by atoms with Crippen molar-refractivity contribution in [1.29, 1.82) is 0 Å². The third-order valence-corrected chi connectivity index (χ3v) is 4.28. The molecule has 0 fully saturated rings. The van der Waals surface area contributed by atoms with Crippen LogP contribution in [0.15, 0.2) is 41.2 Å². The Kier molecular flexibility index (Phi) is 8.02. The van der Waals surface area contributed by atoms with Gasteiger partial charge in [0.05, 0.1) is 6.04 Å². The molecule has 27 heavy (non-hydrogen) atoms. The average molecular weight is 412 g/mol. The predicted octanol–water partition coefficient (Wildman–Crippen LogP) is 1.67. The highest BCUT2D eigenvalue weighted by molar-refractivity contribution is 5.85. The van der Waals surface area contributed by atoms with Crippen LogP contribution in [-0.4, -0.2) is 26.5 Å². The average Bonchev–Trinajstić information content (AvgIpc) is 2.95. The summed E-state index contributed by atoms with van der Waals surface area (Å²) in [4.78, 5) is 28.2. The Labute approximate surface area is 169 Å². The number of nitrogens with two attached hydrogens (primary N) is 1. The van der Waals surface area contributed by atoms with Crippen molar-refractivity contribution in [2.45, 2.75) is 32.9 Å². The van der Waals surface area contributed by atoms with Crippen molar-refractivity contribution in [2.75, 3.05) is 0 Å². The van der Waals surface area contributed by atoms with Gasteiger partial charge in [-0.2, -0.15) is 0 Å². The molecule has 1 unspecified atom stereocenters. The van der Waals surface area contributed by atoms with Gasteiger partial charge in [0, 0.05) is 29.6 Å². The molecule has 0 saturated heterocycles. The number of rotatable bonds is 5. The fraction of sp³-hybridized carbons (Fsp3) is 0.278. The molecule has 146 valence electrons. The van der Waals surface area contributed by atoms with E-state index in [2.05, 4.69) is 15.4 Å². The van der Waals surface area contributed by atoms with Crippen LogP contribution in [0, 0.1) is 13.8 Å². The molecule has 7 nitrogen and oxygen atoms in total. The van der Waals surface area contributed by atoms with Gasteiger partial charge in [0.2, 0.25) is 5.91 Å². The molecule has 0 bridgehead atoms. The van der Waals surface area contributed by atoms with Crippen LogP contribution in [0.25, 0.3) is 5.65 Å². The third kappa shape index (κ3) is 5.09. The predicted molar refractivity (Wildman–Crippen MR) is 110 cm³/mol. The molecule has 1 amide bonds. The van der Waals surface area contributed by atoms with Crippen LogP contribution >= 0.6 is 24.8 Å². The fourth-order valence-corrected chi connectivity index (χ4v) is 2.88. The molecule has 0 aliphatic rings. The molecule has 9 heteroatoms. The van der Waals surface area contributed by atoms with Gasteiger partial charge < -0.3 is 11.1 Å². The van der Waals surface area contributed by atoms with Crippen molar-refractivity contribution in [3.05, 3.63) is 69.3 Å². The molecular formula is C18H23Cl2N5O2. The van der Waals surface area contributed by atoms with E-state index < -0.39 is 6.04 Å². The number of aromatic amines is 1. The van der Waals surface area contributed by atoms with Gasteiger partial charge in [-0.25, -0.2) is 9.50 Å². The summed E-state index contributed by atoms with van der Waals surface area (Å²) in [7, 11) is 0. The Morgan fingerprint density at radius 1 is 1.26 bits per heavy atom. The molecule has 0 aliphatic carbocycles. The quantitative estimate of drug-likeness (QED) is 0.593. The highest BCUT2D eigenvalue weighted by Gasteiger charge is 2.16. The maximum absolute atomic E-state index is 12.3. The first-order valence-corrected chi connectivity index (χ1v) is 8.11. The minimum absolute atomic E-state index is 0. The Bertz CT molecular complexity index is 969. The second kappa shape index (κ2) is 9.55. The van der Waals surface area contributed by atoms with Gasteiger partial charge in [-0.05, 0) is 25.8 Å². The van der Waals surface area contributed by atoms with Crippen molar-refractivity contribution >= 4 is 36.4 Å². The number of fused-ring (bicyclic) bond motifs is 1. The normalized spacial score (nSPS) is 11.4. The Hall–Kier alpha value is -2.35. The molecule has 0 spiro atoms. The Morgan fingerprint density at radius 2 is 1.93 bits per heavy atom. The molecule has 3 rings (SSSR count). The minimum Gasteiger partial charge on any atom is -0.351 e. The van der Waals surface area contributed by atoms with Crippen LogP contribution in [0.5, 0.6) is 0 Å². The summed E-state index contributed by atoms with van der Waals surface area (Å²) in [5.41, 5.74) is 9.85. The van der Waals surface area contributed by atoms with Crippen molar-refractivity contribution in [3.8, 4) is 0 Å². The number of hydrogen-bond donors (Lipinski definition) is 3. The standard InChI is InChI=1S/C18H21N5O2.2ClH/c1-11-14(12(2)23-16(21-11)9-17(24)22-23)10-20-18(25)15(19)8-13-6-4-3-5-7-13;;/h3-7,9,15H,8,10,19H2,1-2H3,(H,20,25)(H,22,24);2*1H. The molecule has 1 atom stereocenters. The molecule has 3 aromatic rings. The van der Waals surface area contributed by atoms with Crippen LogP contribution in [0.4, 0.5) is 0 Å². The summed E-state index contributed by atoms with van der Waals surface area (Å²) >= 11 is 0. The maximum Gasteiger partial charge on any atom is 0.266 e. The Balaban J connectivity index is 0.00000182. The zero-order valence-electron chi connectivity index (χ0n) is 15.1. The van der Waals surface area contributed by atoms with Crippen LogP contribution in [0.1, 0.15) is 22.5 Å². The largest absolute Gasteiger partial charge is 0.351 e. The second-order valence-electron chi connectivity index (χ2n) is 6.09. The summed E-state index contributed by atoms with van der Waals surface area (Å²) in [6.45, 7) is 4.04. The zero-order valence-corrected chi connectivity index (χ0v) is 16.7. The van der Waals surface area contributed by atoms with E-state index in [1.165, 1.54) is 6.07 Å². The number of aromatic nitrogens is 3. The van der Waals surface area contributed by atoms with E-state index in [0.717, 1.165) is 22.5 Å². The van der Waals surface area contributed by atoms with Crippen molar-refractivity contribution in [2.24, 2.45) is 5.73 Å². The van der Waals surface area contributed by atoms with Crippen molar-refractivity contribution in [1.82, 2.24) is 19.9 Å². The minimum atomic E-state index is -0.619. The lowest BCUT2D eigenvalue weighted by molar-refractivity contribution is -0.122. The van der Waals surface area contributed by atoms with E-state index >= 15 is 0 Å². The van der Waals surface area contributed by atoms with Crippen molar-refractivity contribution < 1.29 is 4.79 Å². The summed E-state index contributed by atoms with van der Waals surface area (Å²) < 4.78 is 1.63. The Morgan fingerprint density at radius 3 is 2.59 bits per heavy atom. The van der Waals surface area contributed by atoms with E-state index in [4.69, 9.17) is 5.73 Å². The summed E-state index contributed by atoms with van der Waals surface area (Å²) in [5.74, 6) is -0.219. The van der Waals surface area contributed by atoms with Crippen LogP contribution < -0.4 is 16.6 Å². The molecule has 0 aliphatic heterocycles. The first-order valence-electron chi connectivity index (χ1n) is 8.11. The highest BCUT2D eigenvalue weighted by atomic mass is 35.5. The third-order valence-electron chi connectivity index (χ3n) is 4.28. The van der Waals surface area contributed by atoms with E-state index in [1.54, 1.807) is 4.52 Å². The number of carbonyl (C=O) groups is 1. The van der Waals surface area contributed by atoms with Gasteiger partial charge in [0.15, 0.2) is 5.65 Å². The first-order chi connectivity index (χ1) is 12.0. The molecule has 2 aromatic heterocycles. The van der Waals surface area contributed by atoms with Gasteiger partial charge >= 0.3 is 0 Å². The number of nitrogens with one attached hydrogen (secondary N) is 2. The fourth-order valence-electron chi connectivity index (χ4n) is 2.88. The topological polar surface area (TPSA) is 105 Å². The smallest absolute Gasteiger partial charge is 0.266 e. The molecule has 4 N–H and O–H groups in total. The van der Waals surface area contributed by atoms with E-state index in [0.29, 0.717) is 18.6 Å².